The van der Waals surface area contributed by atoms with Crippen molar-refractivity contribution < 1.29 is 4.79 Å². The first-order valence-corrected chi connectivity index (χ1v) is 7.68. The number of nitrogen functional groups attached to an aromatic ring is 1. The lowest BCUT2D eigenvalue weighted by atomic mass is 9.83. The fraction of sp³-hybridized carbons (Fsp3) is 0.533. The normalized spacial score (nSPS) is 23.1. The second-order valence-electron chi connectivity index (χ2n) is 5.57. The number of nitrogens with one attached hydrogen (secondary N) is 1. The average Bonchev–Trinajstić information content (AvgIpc) is 2.37. The lowest BCUT2D eigenvalue weighted by molar-refractivity contribution is 0.0943. The minimum absolute atomic E-state index is 0.0661. The first kappa shape index (κ1) is 14.4. The summed E-state index contributed by atoms with van der Waals surface area (Å²) in [4.78, 5) is 12.1. The van der Waals surface area contributed by atoms with Crippen LogP contribution in [0.25, 0.3) is 0 Å². The molecule has 0 spiro atoms. The van der Waals surface area contributed by atoms with Crippen LogP contribution in [0.2, 0.25) is 0 Å². The van der Waals surface area contributed by atoms with Crippen LogP contribution >= 0.6 is 15.9 Å². The number of carbonyl (C=O) groups is 1. The Kier molecular flexibility index (Phi) is 4.86. The summed E-state index contributed by atoms with van der Waals surface area (Å²) in [5, 5.41) is 3.01. The second-order valence-corrected chi connectivity index (χ2v) is 6.48. The van der Waals surface area contributed by atoms with Crippen LogP contribution in [0.3, 0.4) is 0 Å². The molecule has 0 unspecified atom stereocenters. The summed E-state index contributed by atoms with van der Waals surface area (Å²) in [6, 6.07) is 5.36. The van der Waals surface area contributed by atoms with Gasteiger partial charge in [0.05, 0.1) is 5.56 Å². The highest BCUT2D eigenvalue weighted by Gasteiger charge is 2.19. The molecule has 0 aliphatic heterocycles. The summed E-state index contributed by atoms with van der Waals surface area (Å²) in [7, 11) is 0. The lowest BCUT2D eigenvalue weighted by Crippen LogP contribution is -2.31. The maximum absolute atomic E-state index is 12.1. The Morgan fingerprint density at radius 2 is 2.05 bits per heavy atom. The molecule has 0 bridgehead atoms. The molecule has 19 heavy (non-hydrogen) atoms. The van der Waals surface area contributed by atoms with Gasteiger partial charge < -0.3 is 11.1 Å². The molecule has 0 saturated heterocycles. The summed E-state index contributed by atoms with van der Waals surface area (Å²) in [6.45, 7) is 3.07. The van der Waals surface area contributed by atoms with Crippen molar-refractivity contribution in [3.05, 3.63) is 28.2 Å². The molecule has 1 amide bonds. The van der Waals surface area contributed by atoms with Gasteiger partial charge in [-0.2, -0.15) is 0 Å². The highest BCUT2D eigenvalue weighted by molar-refractivity contribution is 9.10. The minimum Gasteiger partial charge on any atom is -0.398 e. The molecule has 0 radical (unpaired) electrons. The van der Waals surface area contributed by atoms with Crippen molar-refractivity contribution in [2.75, 3.05) is 12.3 Å². The first-order chi connectivity index (χ1) is 9.06. The van der Waals surface area contributed by atoms with Crippen LogP contribution in [0.1, 0.15) is 43.0 Å². The monoisotopic (exact) mass is 324 g/mol. The van der Waals surface area contributed by atoms with E-state index in [1.54, 1.807) is 12.1 Å². The first-order valence-electron chi connectivity index (χ1n) is 6.89. The van der Waals surface area contributed by atoms with Gasteiger partial charge in [-0.1, -0.05) is 35.7 Å². The topological polar surface area (TPSA) is 55.1 Å². The Morgan fingerprint density at radius 1 is 1.37 bits per heavy atom. The number of nitrogens with two attached hydrogens (primary N) is 1. The van der Waals surface area contributed by atoms with Crippen molar-refractivity contribution in [1.29, 1.82) is 0 Å². The van der Waals surface area contributed by atoms with Gasteiger partial charge in [0.1, 0.15) is 0 Å². The zero-order valence-electron chi connectivity index (χ0n) is 11.3. The Bertz CT molecular complexity index is 453. The van der Waals surface area contributed by atoms with Gasteiger partial charge in [-0.3, -0.25) is 4.79 Å². The summed E-state index contributed by atoms with van der Waals surface area (Å²) in [5.74, 6) is 1.40. The van der Waals surface area contributed by atoms with Gasteiger partial charge in [0, 0.05) is 16.7 Å². The Hall–Kier alpha value is -1.03. The largest absolute Gasteiger partial charge is 0.398 e. The van der Waals surface area contributed by atoms with Crippen LogP contribution in [0.5, 0.6) is 0 Å². The SMILES string of the molecule is CC1CCC(CNC(=O)c2ccc(Br)cc2N)CC1. The number of halogens is 1. The Balaban J connectivity index is 1.87. The standard InChI is InChI=1S/C15H21BrN2O/c1-10-2-4-11(5-3-10)9-18-15(19)13-7-6-12(16)8-14(13)17/h6-8,10-11H,2-5,9,17H2,1H3,(H,18,19). The molecule has 1 aliphatic rings. The Morgan fingerprint density at radius 3 is 2.68 bits per heavy atom. The quantitative estimate of drug-likeness (QED) is 0.835. The average molecular weight is 325 g/mol. The molecule has 0 atom stereocenters. The number of benzene rings is 1. The predicted molar refractivity (Wildman–Crippen MR) is 82.0 cm³/mol. The molecule has 0 aromatic heterocycles. The highest BCUT2D eigenvalue weighted by Crippen LogP contribution is 2.27. The molecule has 104 valence electrons. The van der Waals surface area contributed by atoms with Crippen LogP contribution in [0.15, 0.2) is 22.7 Å². The minimum atomic E-state index is -0.0661. The number of hydrogen-bond acceptors (Lipinski definition) is 2. The van der Waals surface area contributed by atoms with Gasteiger partial charge in [0.15, 0.2) is 0 Å². The molecular weight excluding hydrogens is 304 g/mol. The van der Waals surface area contributed by atoms with E-state index in [1.165, 1.54) is 25.7 Å². The third kappa shape index (κ3) is 3.96. The van der Waals surface area contributed by atoms with Crippen molar-refractivity contribution in [2.24, 2.45) is 11.8 Å². The number of hydrogen-bond donors (Lipinski definition) is 2. The van der Waals surface area contributed by atoms with Crippen LogP contribution in [0.4, 0.5) is 5.69 Å². The summed E-state index contributed by atoms with van der Waals surface area (Å²) in [5.41, 5.74) is 6.94. The fourth-order valence-corrected chi connectivity index (χ4v) is 2.98. The fourth-order valence-electron chi connectivity index (χ4n) is 2.61. The van der Waals surface area contributed by atoms with Crippen LogP contribution in [0, 0.1) is 11.8 Å². The van der Waals surface area contributed by atoms with Crippen LogP contribution < -0.4 is 11.1 Å². The van der Waals surface area contributed by atoms with E-state index in [-0.39, 0.29) is 5.91 Å². The molecule has 3 N–H and O–H groups in total. The van der Waals surface area contributed by atoms with E-state index in [0.717, 1.165) is 16.9 Å². The van der Waals surface area contributed by atoms with Gasteiger partial charge in [0.2, 0.25) is 0 Å². The molecule has 0 heterocycles. The van der Waals surface area contributed by atoms with Gasteiger partial charge in [0.25, 0.3) is 5.91 Å². The van der Waals surface area contributed by atoms with Crippen LogP contribution in [-0.4, -0.2) is 12.5 Å². The molecule has 1 aliphatic carbocycles. The molecular formula is C15H21BrN2O. The van der Waals surface area contributed by atoms with E-state index in [1.807, 2.05) is 6.07 Å². The smallest absolute Gasteiger partial charge is 0.253 e. The van der Waals surface area contributed by atoms with E-state index in [9.17, 15) is 4.79 Å². The highest BCUT2D eigenvalue weighted by atomic mass is 79.9. The summed E-state index contributed by atoms with van der Waals surface area (Å²) < 4.78 is 0.891. The third-order valence-electron chi connectivity index (χ3n) is 3.94. The van der Waals surface area contributed by atoms with E-state index >= 15 is 0 Å². The van der Waals surface area contributed by atoms with Gasteiger partial charge in [-0.15, -0.1) is 0 Å². The van der Waals surface area contributed by atoms with E-state index in [0.29, 0.717) is 17.2 Å². The number of rotatable bonds is 3. The van der Waals surface area contributed by atoms with Gasteiger partial charge in [-0.25, -0.2) is 0 Å². The van der Waals surface area contributed by atoms with Crippen molar-refractivity contribution in [1.82, 2.24) is 5.32 Å². The number of anilines is 1. The van der Waals surface area contributed by atoms with Crippen molar-refractivity contribution in [2.45, 2.75) is 32.6 Å². The summed E-state index contributed by atoms with van der Waals surface area (Å²) in [6.07, 6.45) is 5.00. The van der Waals surface area contributed by atoms with Crippen molar-refractivity contribution in [3.8, 4) is 0 Å². The zero-order chi connectivity index (χ0) is 13.8. The number of amides is 1. The molecule has 1 aromatic carbocycles. The molecule has 1 saturated carbocycles. The zero-order valence-corrected chi connectivity index (χ0v) is 12.9. The molecule has 2 rings (SSSR count). The maximum atomic E-state index is 12.1. The second kappa shape index (κ2) is 6.42. The van der Waals surface area contributed by atoms with Gasteiger partial charge >= 0.3 is 0 Å². The predicted octanol–water partition coefficient (Wildman–Crippen LogP) is 3.59. The van der Waals surface area contributed by atoms with E-state index in [4.69, 9.17) is 5.73 Å². The maximum Gasteiger partial charge on any atom is 0.253 e. The third-order valence-corrected chi connectivity index (χ3v) is 4.44. The van der Waals surface area contributed by atoms with Crippen molar-refractivity contribution >= 4 is 27.5 Å². The van der Waals surface area contributed by atoms with E-state index in [2.05, 4.69) is 28.2 Å². The van der Waals surface area contributed by atoms with Gasteiger partial charge in [-0.05, 0) is 42.9 Å². The van der Waals surface area contributed by atoms with Crippen LogP contribution in [-0.2, 0) is 0 Å². The molecule has 4 heteroatoms. The summed E-state index contributed by atoms with van der Waals surface area (Å²) >= 11 is 3.34. The van der Waals surface area contributed by atoms with Crippen molar-refractivity contribution in [3.63, 3.8) is 0 Å². The number of carbonyl (C=O) groups excluding carboxylic acids is 1. The Labute approximate surface area is 123 Å². The lowest BCUT2D eigenvalue weighted by Gasteiger charge is -2.26. The molecule has 1 fully saturated rings. The molecule has 1 aromatic rings. The molecule has 3 nitrogen and oxygen atoms in total. The van der Waals surface area contributed by atoms with E-state index < -0.39 is 0 Å².